The zero-order chi connectivity index (χ0) is 9.97. The van der Waals surface area contributed by atoms with Crippen molar-refractivity contribution in [3.05, 3.63) is 11.8 Å². The lowest BCUT2D eigenvalue weighted by Gasteiger charge is -2.36. The lowest BCUT2D eigenvalue weighted by molar-refractivity contribution is -0.114. The fourth-order valence-electron chi connectivity index (χ4n) is 2.18. The zero-order valence-corrected chi connectivity index (χ0v) is 8.83. The Labute approximate surface area is 85.4 Å². The Kier molecular flexibility index (Phi) is 2.87. The summed E-state index contributed by atoms with van der Waals surface area (Å²) in [6.07, 6.45) is 3.52. The van der Waals surface area contributed by atoms with Crippen molar-refractivity contribution in [3.63, 3.8) is 0 Å². The van der Waals surface area contributed by atoms with Gasteiger partial charge in [-0.15, -0.1) is 0 Å². The van der Waals surface area contributed by atoms with Crippen LogP contribution in [0.1, 0.15) is 19.8 Å². The monoisotopic (exact) mass is 194 g/mol. The maximum atomic E-state index is 11.1. The Morgan fingerprint density at radius 1 is 1.21 bits per heavy atom. The molecular weight excluding hydrogens is 176 g/mol. The maximum Gasteiger partial charge on any atom is 0.157 e. The minimum absolute atomic E-state index is 0.304. The SMILES string of the molecule is CCN1CCN(C2=CC(=O)CC2)CC1. The minimum Gasteiger partial charge on any atom is -0.372 e. The molecule has 0 aromatic rings. The number of carbonyl (C=O) groups is 1. The Hall–Kier alpha value is -0.830. The highest BCUT2D eigenvalue weighted by molar-refractivity contribution is 5.92. The first kappa shape index (κ1) is 9.71. The molecule has 2 rings (SSSR count). The van der Waals surface area contributed by atoms with Crippen molar-refractivity contribution in [2.75, 3.05) is 32.7 Å². The van der Waals surface area contributed by atoms with Crippen LogP contribution in [0.2, 0.25) is 0 Å². The van der Waals surface area contributed by atoms with Gasteiger partial charge in [-0.3, -0.25) is 4.79 Å². The van der Waals surface area contributed by atoms with E-state index in [4.69, 9.17) is 0 Å². The van der Waals surface area contributed by atoms with Crippen LogP contribution >= 0.6 is 0 Å². The molecule has 0 bridgehead atoms. The zero-order valence-electron chi connectivity index (χ0n) is 8.83. The molecule has 0 aromatic carbocycles. The van der Waals surface area contributed by atoms with E-state index in [-0.39, 0.29) is 0 Å². The van der Waals surface area contributed by atoms with Crippen LogP contribution in [0.25, 0.3) is 0 Å². The van der Waals surface area contributed by atoms with Gasteiger partial charge in [0.1, 0.15) is 0 Å². The van der Waals surface area contributed by atoms with Crippen molar-refractivity contribution < 1.29 is 4.79 Å². The van der Waals surface area contributed by atoms with E-state index in [9.17, 15) is 4.79 Å². The molecule has 0 spiro atoms. The molecular formula is C11H18N2O. The van der Waals surface area contributed by atoms with Crippen molar-refractivity contribution in [1.29, 1.82) is 0 Å². The summed E-state index contributed by atoms with van der Waals surface area (Å²) in [6.45, 7) is 7.81. The second-order valence-electron chi connectivity index (χ2n) is 4.02. The highest BCUT2D eigenvalue weighted by atomic mass is 16.1. The number of allylic oxidation sites excluding steroid dienone is 2. The third-order valence-corrected chi connectivity index (χ3v) is 3.18. The van der Waals surface area contributed by atoms with Gasteiger partial charge < -0.3 is 9.80 Å². The molecule has 1 heterocycles. The largest absolute Gasteiger partial charge is 0.372 e. The number of hydrogen-bond donors (Lipinski definition) is 0. The molecule has 1 saturated heterocycles. The molecule has 78 valence electrons. The lowest BCUT2D eigenvalue weighted by atomic mass is 10.2. The van der Waals surface area contributed by atoms with E-state index in [1.165, 1.54) is 5.70 Å². The summed E-state index contributed by atoms with van der Waals surface area (Å²) in [5.74, 6) is 0.304. The summed E-state index contributed by atoms with van der Waals surface area (Å²) < 4.78 is 0. The smallest absolute Gasteiger partial charge is 0.157 e. The van der Waals surface area contributed by atoms with Crippen molar-refractivity contribution in [2.24, 2.45) is 0 Å². The molecule has 0 saturated carbocycles. The Morgan fingerprint density at radius 2 is 1.93 bits per heavy atom. The molecule has 3 heteroatoms. The van der Waals surface area contributed by atoms with Crippen LogP contribution < -0.4 is 0 Å². The summed E-state index contributed by atoms with van der Waals surface area (Å²) >= 11 is 0. The molecule has 0 N–H and O–H groups in total. The number of ketones is 1. The van der Waals surface area contributed by atoms with E-state index in [1.807, 2.05) is 6.08 Å². The van der Waals surface area contributed by atoms with Gasteiger partial charge in [-0.25, -0.2) is 0 Å². The summed E-state index contributed by atoms with van der Waals surface area (Å²) in [4.78, 5) is 15.9. The average molecular weight is 194 g/mol. The van der Waals surface area contributed by atoms with E-state index in [0.717, 1.165) is 45.6 Å². The third-order valence-electron chi connectivity index (χ3n) is 3.18. The van der Waals surface area contributed by atoms with Crippen LogP contribution in [0, 0.1) is 0 Å². The molecule has 14 heavy (non-hydrogen) atoms. The molecule has 1 aliphatic heterocycles. The molecule has 0 radical (unpaired) electrons. The molecule has 2 aliphatic rings. The second-order valence-corrected chi connectivity index (χ2v) is 4.02. The molecule has 0 unspecified atom stereocenters. The Bertz CT molecular complexity index is 252. The number of piperazine rings is 1. The van der Waals surface area contributed by atoms with E-state index in [1.54, 1.807) is 0 Å². The number of carbonyl (C=O) groups excluding carboxylic acids is 1. The summed E-state index contributed by atoms with van der Waals surface area (Å²) in [5, 5.41) is 0. The van der Waals surface area contributed by atoms with Crippen molar-refractivity contribution >= 4 is 5.78 Å². The van der Waals surface area contributed by atoms with Crippen LogP contribution in [-0.2, 0) is 4.79 Å². The number of hydrogen-bond acceptors (Lipinski definition) is 3. The fraction of sp³-hybridized carbons (Fsp3) is 0.727. The molecule has 0 atom stereocenters. The number of nitrogens with zero attached hydrogens (tertiary/aromatic N) is 2. The second kappa shape index (κ2) is 4.13. The molecule has 1 aliphatic carbocycles. The van der Waals surface area contributed by atoms with E-state index >= 15 is 0 Å². The number of rotatable bonds is 2. The van der Waals surface area contributed by atoms with Gasteiger partial charge in [0.15, 0.2) is 5.78 Å². The van der Waals surface area contributed by atoms with Crippen LogP contribution in [0.4, 0.5) is 0 Å². The van der Waals surface area contributed by atoms with Crippen LogP contribution in [-0.4, -0.2) is 48.3 Å². The predicted molar refractivity (Wildman–Crippen MR) is 56.0 cm³/mol. The van der Waals surface area contributed by atoms with Crippen LogP contribution in [0.3, 0.4) is 0 Å². The van der Waals surface area contributed by atoms with Crippen molar-refractivity contribution in [3.8, 4) is 0 Å². The van der Waals surface area contributed by atoms with E-state index in [0.29, 0.717) is 5.78 Å². The molecule has 0 aromatic heterocycles. The van der Waals surface area contributed by atoms with Gasteiger partial charge >= 0.3 is 0 Å². The van der Waals surface area contributed by atoms with Gasteiger partial charge in [0.05, 0.1) is 0 Å². The summed E-state index contributed by atoms with van der Waals surface area (Å²) in [5.41, 5.74) is 1.27. The summed E-state index contributed by atoms with van der Waals surface area (Å²) in [7, 11) is 0. The molecule has 0 amide bonds. The molecule has 1 fully saturated rings. The first-order valence-corrected chi connectivity index (χ1v) is 5.50. The van der Waals surface area contributed by atoms with Gasteiger partial charge in [0.25, 0.3) is 0 Å². The topological polar surface area (TPSA) is 23.6 Å². The van der Waals surface area contributed by atoms with Crippen LogP contribution in [0.5, 0.6) is 0 Å². The fourth-order valence-corrected chi connectivity index (χ4v) is 2.18. The highest BCUT2D eigenvalue weighted by Gasteiger charge is 2.21. The summed E-state index contributed by atoms with van der Waals surface area (Å²) in [6, 6.07) is 0. The van der Waals surface area contributed by atoms with Crippen molar-refractivity contribution in [1.82, 2.24) is 9.80 Å². The first-order valence-electron chi connectivity index (χ1n) is 5.50. The van der Waals surface area contributed by atoms with Gasteiger partial charge in [0, 0.05) is 44.4 Å². The van der Waals surface area contributed by atoms with E-state index < -0.39 is 0 Å². The van der Waals surface area contributed by atoms with E-state index in [2.05, 4.69) is 16.7 Å². The predicted octanol–water partition coefficient (Wildman–Crippen LogP) is 0.871. The quantitative estimate of drug-likeness (QED) is 0.651. The lowest BCUT2D eigenvalue weighted by Crippen LogP contribution is -2.45. The van der Waals surface area contributed by atoms with Gasteiger partial charge in [-0.2, -0.15) is 0 Å². The minimum atomic E-state index is 0.304. The van der Waals surface area contributed by atoms with Gasteiger partial charge in [-0.1, -0.05) is 6.92 Å². The van der Waals surface area contributed by atoms with Crippen molar-refractivity contribution in [2.45, 2.75) is 19.8 Å². The van der Waals surface area contributed by atoms with Gasteiger partial charge in [0.2, 0.25) is 0 Å². The third kappa shape index (κ3) is 1.98. The Balaban J connectivity index is 1.89. The molecule has 3 nitrogen and oxygen atoms in total. The highest BCUT2D eigenvalue weighted by Crippen LogP contribution is 2.20. The standard InChI is InChI=1S/C11H18N2O/c1-2-12-5-7-13(8-6-12)10-3-4-11(14)9-10/h9H,2-8H2,1H3. The normalized spacial score (nSPS) is 24.2. The Morgan fingerprint density at radius 3 is 2.43 bits per heavy atom. The number of likely N-dealkylation sites (N-methyl/N-ethyl adjacent to an activating group) is 1. The maximum absolute atomic E-state index is 11.1. The van der Waals surface area contributed by atoms with Gasteiger partial charge in [-0.05, 0) is 13.0 Å². The average Bonchev–Trinajstić information content (AvgIpc) is 2.65. The van der Waals surface area contributed by atoms with Crippen LogP contribution in [0.15, 0.2) is 11.8 Å². The first-order chi connectivity index (χ1) is 6.79.